The largest absolute Gasteiger partial charge is 0.481 e. The molecule has 0 fully saturated rings. The van der Waals surface area contributed by atoms with E-state index in [1.807, 2.05) is 18.2 Å². The average molecular weight is 263 g/mol. The molecule has 20 heavy (non-hydrogen) atoms. The number of methoxy groups -OCH3 is 1. The molecule has 0 aliphatic rings. The van der Waals surface area contributed by atoms with Crippen molar-refractivity contribution in [3.63, 3.8) is 0 Å². The molecule has 0 N–H and O–H groups in total. The van der Waals surface area contributed by atoms with Crippen molar-refractivity contribution in [1.82, 2.24) is 4.98 Å². The Hall–Kier alpha value is -2.35. The van der Waals surface area contributed by atoms with E-state index in [0.717, 1.165) is 16.6 Å². The van der Waals surface area contributed by atoms with Gasteiger partial charge in [0.1, 0.15) is 0 Å². The summed E-state index contributed by atoms with van der Waals surface area (Å²) in [6.07, 6.45) is 0. The molecule has 3 rings (SSSR count). The molecule has 2 aromatic carbocycles. The summed E-state index contributed by atoms with van der Waals surface area (Å²) in [6.45, 7) is 4.24. The lowest BCUT2D eigenvalue weighted by molar-refractivity contribution is 0.404. The Morgan fingerprint density at radius 1 is 0.900 bits per heavy atom. The van der Waals surface area contributed by atoms with Crippen LogP contribution in [0.2, 0.25) is 0 Å². The minimum absolute atomic E-state index is 0.685. The second kappa shape index (κ2) is 4.97. The second-order valence-electron chi connectivity index (χ2n) is 5.04. The topological polar surface area (TPSA) is 22.1 Å². The van der Waals surface area contributed by atoms with Gasteiger partial charge in [0.25, 0.3) is 0 Å². The van der Waals surface area contributed by atoms with Crippen LogP contribution in [0.4, 0.5) is 0 Å². The highest BCUT2D eigenvalue weighted by atomic mass is 16.5. The number of hydrogen-bond donors (Lipinski definition) is 0. The number of hydrogen-bond acceptors (Lipinski definition) is 2. The van der Waals surface area contributed by atoms with Crippen molar-refractivity contribution in [3.05, 3.63) is 59.7 Å². The van der Waals surface area contributed by atoms with Crippen LogP contribution in [0.15, 0.2) is 48.5 Å². The number of fused-ring (bicyclic) bond motifs is 1. The van der Waals surface area contributed by atoms with Crippen molar-refractivity contribution in [2.75, 3.05) is 7.11 Å². The summed E-state index contributed by atoms with van der Waals surface area (Å²) < 4.78 is 5.47. The van der Waals surface area contributed by atoms with Gasteiger partial charge in [-0.3, -0.25) is 0 Å². The summed E-state index contributed by atoms with van der Waals surface area (Å²) in [7, 11) is 1.67. The van der Waals surface area contributed by atoms with E-state index in [-0.39, 0.29) is 0 Å². The normalized spacial score (nSPS) is 10.8. The number of pyridine rings is 1. The molecule has 0 aliphatic heterocycles. The summed E-state index contributed by atoms with van der Waals surface area (Å²) in [5.74, 6) is 0.685. The fraction of sp³-hybridized carbons (Fsp3) is 0.167. The van der Waals surface area contributed by atoms with Crippen LogP contribution in [0.5, 0.6) is 5.88 Å². The molecule has 1 heterocycles. The maximum Gasteiger partial charge on any atom is 0.221 e. The first-order chi connectivity index (χ1) is 9.69. The van der Waals surface area contributed by atoms with Crippen LogP contribution >= 0.6 is 0 Å². The summed E-state index contributed by atoms with van der Waals surface area (Å²) in [5.41, 5.74) is 4.58. The molecule has 0 spiro atoms. The molecule has 0 saturated carbocycles. The third-order valence-electron chi connectivity index (χ3n) is 3.67. The highest BCUT2D eigenvalue weighted by Crippen LogP contribution is 2.30. The standard InChI is InChI=1S/C18H17NO/c1-12-9-15-11-17(14-7-5-4-6-8-14)19-18(20-3)16(15)10-13(12)2/h4-11H,1-3H3. The Morgan fingerprint density at radius 3 is 2.30 bits per heavy atom. The van der Waals surface area contributed by atoms with E-state index < -0.39 is 0 Å². The van der Waals surface area contributed by atoms with Crippen molar-refractivity contribution in [1.29, 1.82) is 0 Å². The van der Waals surface area contributed by atoms with E-state index in [9.17, 15) is 0 Å². The van der Waals surface area contributed by atoms with Crippen LogP contribution < -0.4 is 4.74 Å². The van der Waals surface area contributed by atoms with Gasteiger partial charge in [-0.25, -0.2) is 4.98 Å². The van der Waals surface area contributed by atoms with Crippen molar-refractivity contribution in [2.45, 2.75) is 13.8 Å². The maximum atomic E-state index is 5.47. The Morgan fingerprint density at radius 2 is 1.60 bits per heavy atom. The molecular formula is C18H17NO. The molecule has 0 saturated heterocycles. The zero-order chi connectivity index (χ0) is 14.1. The van der Waals surface area contributed by atoms with Crippen molar-refractivity contribution in [2.24, 2.45) is 0 Å². The predicted octanol–water partition coefficient (Wildman–Crippen LogP) is 4.53. The Labute approximate surface area is 119 Å². The van der Waals surface area contributed by atoms with E-state index in [0.29, 0.717) is 5.88 Å². The average Bonchev–Trinajstić information content (AvgIpc) is 2.48. The third kappa shape index (κ3) is 2.14. The highest BCUT2D eigenvalue weighted by Gasteiger charge is 2.09. The molecule has 2 nitrogen and oxygen atoms in total. The van der Waals surface area contributed by atoms with Gasteiger partial charge in [-0.15, -0.1) is 0 Å². The lowest BCUT2D eigenvalue weighted by atomic mass is 10.0. The van der Waals surface area contributed by atoms with E-state index >= 15 is 0 Å². The number of nitrogens with zero attached hydrogens (tertiary/aromatic N) is 1. The van der Waals surface area contributed by atoms with Crippen LogP contribution in [0.25, 0.3) is 22.0 Å². The van der Waals surface area contributed by atoms with Crippen molar-refractivity contribution >= 4 is 10.8 Å². The predicted molar refractivity (Wildman–Crippen MR) is 83.2 cm³/mol. The summed E-state index contributed by atoms with van der Waals surface area (Å²) >= 11 is 0. The Kier molecular flexibility index (Phi) is 3.15. The summed E-state index contributed by atoms with van der Waals surface area (Å²) in [6, 6.07) is 16.6. The summed E-state index contributed by atoms with van der Waals surface area (Å²) in [4.78, 5) is 4.64. The molecule has 3 aromatic rings. The molecule has 2 heteroatoms. The molecule has 0 radical (unpaired) electrons. The lowest BCUT2D eigenvalue weighted by Crippen LogP contribution is -1.94. The van der Waals surface area contributed by atoms with Crippen LogP contribution in [0.3, 0.4) is 0 Å². The van der Waals surface area contributed by atoms with Gasteiger partial charge in [0.05, 0.1) is 12.8 Å². The molecule has 0 atom stereocenters. The number of ether oxygens (including phenoxy) is 1. The Bertz CT molecular complexity index is 763. The van der Waals surface area contributed by atoms with Crippen LogP contribution in [-0.4, -0.2) is 12.1 Å². The molecule has 0 amide bonds. The molecule has 1 aromatic heterocycles. The molecule has 0 unspecified atom stereocenters. The van der Waals surface area contributed by atoms with Gasteiger partial charge in [-0.05, 0) is 42.5 Å². The zero-order valence-electron chi connectivity index (χ0n) is 12.0. The van der Waals surface area contributed by atoms with E-state index in [1.165, 1.54) is 16.5 Å². The van der Waals surface area contributed by atoms with Gasteiger partial charge in [0.15, 0.2) is 0 Å². The number of benzene rings is 2. The molecule has 0 aliphatic carbocycles. The first-order valence-electron chi connectivity index (χ1n) is 6.70. The Balaban J connectivity index is 2.29. The van der Waals surface area contributed by atoms with Gasteiger partial charge in [-0.2, -0.15) is 0 Å². The van der Waals surface area contributed by atoms with E-state index in [4.69, 9.17) is 4.74 Å². The zero-order valence-corrected chi connectivity index (χ0v) is 12.0. The molecular weight excluding hydrogens is 246 g/mol. The monoisotopic (exact) mass is 263 g/mol. The molecule has 100 valence electrons. The first kappa shape index (κ1) is 12.7. The third-order valence-corrected chi connectivity index (χ3v) is 3.67. The quantitative estimate of drug-likeness (QED) is 0.677. The van der Waals surface area contributed by atoms with Crippen LogP contribution in [0, 0.1) is 13.8 Å². The lowest BCUT2D eigenvalue weighted by Gasteiger charge is -2.10. The van der Waals surface area contributed by atoms with Gasteiger partial charge in [-0.1, -0.05) is 36.4 Å². The van der Waals surface area contributed by atoms with Crippen molar-refractivity contribution < 1.29 is 4.74 Å². The van der Waals surface area contributed by atoms with Gasteiger partial charge < -0.3 is 4.74 Å². The number of rotatable bonds is 2. The maximum absolute atomic E-state index is 5.47. The first-order valence-corrected chi connectivity index (χ1v) is 6.70. The molecule has 0 bridgehead atoms. The number of aromatic nitrogens is 1. The van der Waals surface area contributed by atoms with Gasteiger partial charge in [0.2, 0.25) is 5.88 Å². The highest BCUT2D eigenvalue weighted by molar-refractivity contribution is 5.91. The minimum Gasteiger partial charge on any atom is -0.481 e. The van der Waals surface area contributed by atoms with Gasteiger partial charge in [0, 0.05) is 10.9 Å². The fourth-order valence-electron chi connectivity index (χ4n) is 2.40. The fourth-order valence-corrected chi connectivity index (χ4v) is 2.40. The van der Waals surface area contributed by atoms with E-state index in [1.54, 1.807) is 7.11 Å². The minimum atomic E-state index is 0.685. The SMILES string of the molecule is COc1nc(-c2ccccc2)cc2cc(C)c(C)cc12. The second-order valence-corrected chi connectivity index (χ2v) is 5.04. The van der Waals surface area contributed by atoms with Gasteiger partial charge >= 0.3 is 0 Å². The summed E-state index contributed by atoms with van der Waals surface area (Å²) in [5, 5.41) is 2.23. The van der Waals surface area contributed by atoms with Crippen LogP contribution in [-0.2, 0) is 0 Å². The smallest absolute Gasteiger partial charge is 0.221 e. The van der Waals surface area contributed by atoms with Crippen molar-refractivity contribution in [3.8, 4) is 17.1 Å². The van der Waals surface area contributed by atoms with Crippen LogP contribution in [0.1, 0.15) is 11.1 Å². The van der Waals surface area contributed by atoms with E-state index in [2.05, 4.69) is 49.2 Å². The number of aryl methyl sites for hydroxylation is 2.